The topological polar surface area (TPSA) is 172 Å². The van der Waals surface area contributed by atoms with Gasteiger partial charge < -0.3 is 40.0 Å². The number of nitrogens with one attached hydrogen (secondary N) is 1. The van der Waals surface area contributed by atoms with Crippen LogP contribution in [0.2, 0.25) is 0 Å². The molecular weight excluding hydrogens is 498 g/mol. The quantitative estimate of drug-likeness (QED) is 0.160. The van der Waals surface area contributed by atoms with Gasteiger partial charge in [-0.05, 0) is 30.5 Å². The molecule has 206 valence electrons. The van der Waals surface area contributed by atoms with Crippen LogP contribution in [0.5, 0.6) is 0 Å². The monoisotopic (exact) mass is 531 g/mol. The third-order valence-corrected chi connectivity index (χ3v) is 6.11. The van der Waals surface area contributed by atoms with Crippen LogP contribution < -0.4 is 5.32 Å². The highest BCUT2D eigenvalue weighted by molar-refractivity contribution is 5.89. The maximum Gasteiger partial charge on any atom is 0.407 e. The number of esters is 2. The molecule has 1 saturated carbocycles. The zero-order valence-corrected chi connectivity index (χ0v) is 20.7. The first kappa shape index (κ1) is 29.1. The van der Waals surface area contributed by atoms with Gasteiger partial charge in [-0.2, -0.15) is 0 Å². The van der Waals surface area contributed by atoms with Crippen molar-refractivity contribution in [3.63, 3.8) is 0 Å². The van der Waals surface area contributed by atoms with E-state index < -0.39 is 54.7 Å². The van der Waals surface area contributed by atoms with Crippen molar-refractivity contribution in [2.45, 2.75) is 68.9 Å². The molecule has 0 radical (unpaired) electrons. The number of rotatable bonds is 11. The van der Waals surface area contributed by atoms with Gasteiger partial charge in [0.1, 0.15) is 31.0 Å². The number of carbonyl (C=O) groups excluding carboxylic acids is 3. The Kier molecular flexibility index (Phi) is 11.0. The number of amides is 1. The van der Waals surface area contributed by atoms with E-state index in [-0.39, 0.29) is 18.6 Å². The lowest BCUT2D eigenvalue weighted by atomic mass is 9.84. The first-order chi connectivity index (χ1) is 18.3. The molecule has 2 aromatic carbocycles. The molecule has 2 aromatic rings. The van der Waals surface area contributed by atoms with Crippen LogP contribution in [-0.4, -0.2) is 81.6 Å². The number of alkyl carbamates (subject to hydrolysis) is 1. The van der Waals surface area contributed by atoms with Gasteiger partial charge in [-0.3, -0.25) is 4.79 Å². The van der Waals surface area contributed by atoms with E-state index in [0.717, 1.165) is 5.56 Å². The molecule has 0 saturated heterocycles. The number of hydrogen-bond donors (Lipinski definition) is 5. The van der Waals surface area contributed by atoms with Crippen LogP contribution >= 0.6 is 0 Å². The molecule has 1 aliphatic rings. The van der Waals surface area contributed by atoms with Gasteiger partial charge in [0, 0.05) is 13.0 Å². The van der Waals surface area contributed by atoms with E-state index in [4.69, 9.17) is 14.2 Å². The average molecular weight is 532 g/mol. The molecule has 2 unspecified atom stereocenters. The highest BCUT2D eigenvalue weighted by Gasteiger charge is 2.52. The highest BCUT2D eigenvalue weighted by Crippen LogP contribution is 2.27. The largest absolute Gasteiger partial charge is 0.457 e. The molecule has 0 heterocycles. The van der Waals surface area contributed by atoms with Crippen molar-refractivity contribution in [2.75, 3.05) is 6.54 Å². The van der Waals surface area contributed by atoms with Gasteiger partial charge >= 0.3 is 18.0 Å². The van der Waals surface area contributed by atoms with Crippen LogP contribution in [0.3, 0.4) is 0 Å². The summed E-state index contributed by atoms with van der Waals surface area (Å²) in [5.74, 6) is -1.61. The minimum Gasteiger partial charge on any atom is -0.457 e. The number of aliphatic hydroxyl groups is 4. The average Bonchev–Trinajstić information content (AvgIpc) is 2.94. The van der Waals surface area contributed by atoms with Gasteiger partial charge in [0.05, 0.1) is 5.56 Å². The molecule has 0 aromatic heterocycles. The molecular formula is C27H33NO10. The van der Waals surface area contributed by atoms with E-state index in [1.165, 1.54) is 12.1 Å². The lowest BCUT2D eigenvalue weighted by Gasteiger charge is -2.42. The van der Waals surface area contributed by atoms with Gasteiger partial charge in [-0.25, -0.2) is 9.59 Å². The molecule has 3 rings (SSSR count). The minimum absolute atomic E-state index is 0.0486. The van der Waals surface area contributed by atoms with Crippen LogP contribution in [-0.2, 0) is 25.6 Å². The fourth-order valence-electron chi connectivity index (χ4n) is 3.97. The minimum atomic E-state index is -1.80. The first-order valence-electron chi connectivity index (χ1n) is 12.4. The van der Waals surface area contributed by atoms with Gasteiger partial charge in [0.2, 0.25) is 0 Å². The number of hydrogen-bond acceptors (Lipinski definition) is 10. The van der Waals surface area contributed by atoms with E-state index in [2.05, 4.69) is 5.32 Å². The molecule has 1 amide bonds. The zero-order valence-electron chi connectivity index (χ0n) is 20.7. The van der Waals surface area contributed by atoms with E-state index >= 15 is 0 Å². The third kappa shape index (κ3) is 8.25. The molecule has 6 atom stereocenters. The fourth-order valence-corrected chi connectivity index (χ4v) is 3.97. The molecule has 0 spiro atoms. The van der Waals surface area contributed by atoms with E-state index in [1.807, 2.05) is 30.3 Å². The van der Waals surface area contributed by atoms with Crippen molar-refractivity contribution in [3.8, 4) is 0 Å². The van der Waals surface area contributed by atoms with Crippen molar-refractivity contribution < 1.29 is 49.0 Å². The van der Waals surface area contributed by atoms with Gasteiger partial charge in [0.25, 0.3) is 0 Å². The summed E-state index contributed by atoms with van der Waals surface area (Å²) in [6.07, 6.45) is -9.46. The number of aliphatic hydroxyl groups excluding tert-OH is 4. The van der Waals surface area contributed by atoms with Crippen LogP contribution in [0.15, 0.2) is 60.7 Å². The van der Waals surface area contributed by atoms with Crippen molar-refractivity contribution >= 4 is 18.0 Å². The van der Waals surface area contributed by atoms with Crippen molar-refractivity contribution in [1.29, 1.82) is 0 Å². The fraction of sp³-hybridized carbons (Fsp3) is 0.444. The predicted molar refractivity (Wildman–Crippen MR) is 133 cm³/mol. The first-order valence-corrected chi connectivity index (χ1v) is 12.4. The zero-order chi connectivity index (χ0) is 27.5. The second-order valence-electron chi connectivity index (χ2n) is 8.95. The molecule has 38 heavy (non-hydrogen) atoms. The summed E-state index contributed by atoms with van der Waals surface area (Å²) >= 11 is 0. The molecule has 0 bridgehead atoms. The maximum absolute atomic E-state index is 12.3. The predicted octanol–water partition coefficient (Wildman–Crippen LogP) is 1.07. The summed E-state index contributed by atoms with van der Waals surface area (Å²) < 4.78 is 15.3. The Morgan fingerprint density at radius 1 is 0.711 bits per heavy atom. The maximum atomic E-state index is 12.3. The molecule has 11 heteroatoms. The Morgan fingerprint density at radius 2 is 1.26 bits per heavy atom. The summed E-state index contributed by atoms with van der Waals surface area (Å²) in [6.45, 7) is 0.515. The number of unbranched alkanes of at least 4 members (excludes halogenated alkanes) is 2. The van der Waals surface area contributed by atoms with Crippen molar-refractivity contribution in [2.24, 2.45) is 0 Å². The lowest BCUT2D eigenvalue weighted by molar-refractivity contribution is -0.233. The SMILES string of the molecule is O=C(CCCCCNC(=O)OCc1ccccc1)OC1[C@@H](O)[C@H](O)C(OC(=O)c2ccccc2)[C@H](O)[C@@H]1O. The second-order valence-corrected chi connectivity index (χ2v) is 8.95. The van der Waals surface area contributed by atoms with E-state index in [0.29, 0.717) is 25.8 Å². The number of ether oxygens (including phenoxy) is 3. The summed E-state index contributed by atoms with van der Waals surface area (Å²) in [6, 6.07) is 17.1. The highest BCUT2D eigenvalue weighted by atomic mass is 16.6. The molecule has 1 fully saturated rings. The summed E-state index contributed by atoms with van der Waals surface area (Å²) in [5, 5.41) is 44.2. The number of carbonyl (C=O) groups is 3. The standard InChI is InChI=1S/C27H33NO10/c29-19(14-8-3-9-15-28-27(35)36-16-17-10-4-1-5-11-17)37-24-20(30)22(32)25(23(33)21(24)31)38-26(34)18-12-6-2-7-13-18/h1-2,4-7,10-13,20-25,30-33H,3,8-9,14-16H2,(H,28,35)/t20-,21-,22-,23+,24?,25?/m0/s1. The Labute approximate surface area is 220 Å². The van der Waals surface area contributed by atoms with Gasteiger partial charge in [-0.1, -0.05) is 55.0 Å². The van der Waals surface area contributed by atoms with Gasteiger partial charge in [0.15, 0.2) is 12.2 Å². The van der Waals surface area contributed by atoms with E-state index in [1.54, 1.807) is 18.2 Å². The van der Waals surface area contributed by atoms with Gasteiger partial charge in [-0.15, -0.1) is 0 Å². The Balaban J connectivity index is 1.35. The number of benzene rings is 2. The Hall–Kier alpha value is -3.51. The van der Waals surface area contributed by atoms with E-state index in [9.17, 15) is 34.8 Å². The van der Waals surface area contributed by atoms with Crippen LogP contribution in [0.1, 0.15) is 41.6 Å². The molecule has 5 N–H and O–H groups in total. The van der Waals surface area contributed by atoms with Crippen molar-refractivity contribution in [3.05, 3.63) is 71.8 Å². The van der Waals surface area contributed by atoms with Crippen molar-refractivity contribution in [1.82, 2.24) is 5.32 Å². The smallest absolute Gasteiger partial charge is 0.407 e. The molecule has 1 aliphatic carbocycles. The normalized spacial score (nSPS) is 24.7. The van der Waals surface area contributed by atoms with Crippen LogP contribution in [0.4, 0.5) is 4.79 Å². The lowest BCUT2D eigenvalue weighted by Crippen LogP contribution is -2.65. The van der Waals surface area contributed by atoms with Crippen LogP contribution in [0, 0.1) is 0 Å². The second kappa shape index (κ2) is 14.4. The summed E-state index contributed by atoms with van der Waals surface area (Å²) in [5.41, 5.74) is 1.03. The Morgan fingerprint density at radius 3 is 1.87 bits per heavy atom. The molecule has 11 nitrogen and oxygen atoms in total. The Bertz CT molecular complexity index is 1020. The third-order valence-electron chi connectivity index (χ3n) is 6.11. The molecule has 0 aliphatic heterocycles. The summed E-state index contributed by atoms with van der Waals surface area (Å²) in [4.78, 5) is 36.2. The summed E-state index contributed by atoms with van der Waals surface area (Å²) in [7, 11) is 0. The van der Waals surface area contributed by atoms with Crippen LogP contribution in [0.25, 0.3) is 0 Å².